The Hall–Kier alpha value is -1.72. The lowest BCUT2D eigenvalue weighted by Gasteiger charge is -2.27. The van der Waals surface area contributed by atoms with Crippen LogP contribution in [0.1, 0.15) is 41.4 Å². The summed E-state index contributed by atoms with van der Waals surface area (Å²) in [6.07, 6.45) is 4.79. The van der Waals surface area contributed by atoms with Gasteiger partial charge in [-0.1, -0.05) is 17.7 Å². The van der Waals surface area contributed by atoms with Crippen LogP contribution in [0, 0.1) is 0 Å². The maximum absolute atomic E-state index is 12.3. The number of hydrogen-bond donors (Lipinski definition) is 1. The van der Waals surface area contributed by atoms with Gasteiger partial charge in [0.2, 0.25) is 0 Å². The zero-order valence-electron chi connectivity index (χ0n) is 12.2. The molecule has 0 aromatic carbocycles. The molecule has 1 fully saturated rings. The van der Waals surface area contributed by atoms with Crippen LogP contribution < -0.4 is 5.56 Å². The highest BCUT2D eigenvalue weighted by Crippen LogP contribution is 2.37. The van der Waals surface area contributed by atoms with E-state index in [0.29, 0.717) is 24.2 Å². The van der Waals surface area contributed by atoms with E-state index in [1.54, 1.807) is 6.20 Å². The molecule has 0 amide bonds. The first-order chi connectivity index (χ1) is 10.7. The fourth-order valence-corrected chi connectivity index (χ4v) is 3.14. The van der Waals surface area contributed by atoms with E-state index >= 15 is 0 Å². The molecule has 1 aliphatic carbocycles. The maximum atomic E-state index is 12.3. The van der Waals surface area contributed by atoms with Gasteiger partial charge in [0, 0.05) is 43.7 Å². The predicted octanol–water partition coefficient (Wildman–Crippen LogP) is 2.25. The van der Waals surface area contributed by atoms with Crippen molar-refractivity contribution in [2.45, 2.75) is 38.3 Å². The number of H-pyrrole nitrogens is 1. The van der Waals surface area contributed by atoms with Crippen molar-refractivity contribution in [2.24, 2.45) is 0 Å². The van der Waals surface area contributed by atoms with Crippen LogP contribution in [0.25, 0.3) is 0 Å². The molecule has 1 saturated carbocycles. The lowest BCUT2D eigenvalue weighted by atomic mass is 10.1. The molecule has 4 rings (SSSR count). The van der Waals surface area contributed by atoms with Gasteiger partial charge in [-0.25, -0.2) is 9.97 Å². The van der Waals surface area contributed by atoms with E-state index in [1.807, 2.05) is 12.1 Å². The van der Waals surface area contributed by atoms with Crippen molar-refractivity contribution in [3.63, 3.8) is 0 Å². The van der Waals surface area contributed by atoms with Crippen LogP contribution in [0.15, 0.2) is 23.1 Å². The highest BCUT2D eigenvalue weighted by Gasteiger charge is 2.29. The average Bonchev–Trinajstić information content (AvgIpc) is 3.35. The van der Waals surface area contributed by atoms with Gasteiger partial charge >= 0.3 is 0 Å². The van der Waals surface area contributed by atoms with Gasteiger partial charge in [-0.05, 0) is 18.9 Å². The number of nitrogens with one attached hydrogen (secondary N) is 1. The van der Waals surface area contributed by atoms with Gasteiger partial charge in [-0.2, -0.15) is 0 Å². The molecule has 114 valence electrons. The Bertz CT molecular complexity index is 769. The minimum atomic E-state index is 0.0221. The van der Waals surface area contributed by atoms with E-state index in [4.69, 9.17) is 11.6 Å². The zero-order valence-corrected chi connectivity index (χ0v) is 12.9. The van der Waals surface area contributed by atoms with Gasteiger partial charge in [0.1, 0.15) is 11.0 Å². The van der Waals surface area contributed by atoms with E-state index in [1.165, 1.54) is 0 Å². The Morgan fingerprint density at radius 1 is 1.41 bits per heavy atom. The SMILES string of the molecule is O=c1[nH]c(C2CC2)nc2c1CN(Cc1cccnc1Cl)CC2. The number of rotatable bonds is 3. The number of hydrogen-bond acceptors (Lipinski definition) is 4. The van der Waals surface area contributed by atoms with E-state index in [2.05, 4.69) is 19.9 Å². The van der Waals surface area contributed by atoms with Gasteiger partial charge < -0.3 is 4.98 Å². The van der Waals surface area contributed by atoms with Gasteiger partial charge in [0.15, 0.2) is 0 Å². The summed E-state index contributed by atoms with van der Waals surface area (Å²) < 4.78 is 0. The summed E-state index contributed by atoms with van der Waals surface area (Å²) in [6.45, 7) is 2.21. The minimum absolute atomic E-state index is 0.0221. The molecule has 0 saturated heterocycles. The van der Waals surface area contributed by atoms with Crippen LogP contribution in [0.4, 0.5) is 0 Å². The van der Waals surface area contributed by atoms with Gasteiger partial charge in [-0.15, -0.1) is 0 Å². The van der Waals surface area contributed by atoms with Crippen molar-refractivity contribution in [2.75, 3.05) is 6.54 Å². The number of fused-ring (bicyclic) bond motifs is 1. The minimum Gasteiger partial charge on any atom is -0.310 e. The second-order valence-electron chi connectivity index (χ2n) is 6.06. The highest BCUT2D eigenvalue weighted by atomic mass is 35.5. The van der Waals surface area contributed by atoms with Crippen molar-refractivity contribution in [3.8, 4) is 0 Å². The molecule has 2 aliphatic rings. The number of nitrogens with zero attached hydrogens (tertiary/aromatic N) is 3. The van der Waals surface area contributed by atoms with Gasteiger partial charge in [0.05, 0.1) is 11.3 Å². The lowest BCUT2D eigenvalue weighted by molar-refractivity contribution is 0.241. The highest BCUT2D eigenvalue weighted by molar-refractivity contribution is 6.30. The Labute approximate surface area is 133 Å². The van der Waals surface area contributed by atoms with Crippen LogP contribution in [-0.2, 0) is 19.5 Å². The summed E-state index contributed by atoms with van der Waals surface area (Å²) in [5, 5.41) is 0.532. The first kappa shape index (κ1) is 13.9. The Morgan fingerprint density at radius 3 is 3.05 bits per heavy atom. The number of pyridine rings is 1. The molecule has 0 unspecified atom stereocenters. The molecule has 0 spiro atoms. The second kappa shape index (κ2) is 5.48. The molecule has 22 heavy (non-hydrogen) atoms. The fourth-order valence-electron chi connectivity index (χ4n) is 2.96. The fraction of sp³-hybridized carbons (Fsp3) is 0.438. The molecule has 2 aromatic rings. The van der Waals surface area contributed by atoms with Crippen molar-refractivity contribution < 1.29 is 0 Å². The molecule has 2 aromatic heterocycles. The van der Waals surface area contributed by atoms with Crippen LogP contribution in [0.3, 0.4) is 0 Å². The molecule has 0 bridgehead atoms. The molecule has 0 atom stereocenters. The second-order valence-corrected chi connectivity index (χ2v) is 6.42. The molecule has 0 radical (unpaired) electrons. The predicted molar refractivity (Wildman–Crippen MR) is 83.9 cm³/mol. The van der Waals surface area contributed by atoms with E-state index < -0.39 is 0 Å². The Morgan fingerprint density at radius 2 is 2.27 bits per heavy atom. The van der Waals surface area contributed by atoms with E-state index in [0.717, 1.165) is 48.5 Å². The normalized spacial score (nSPS) is 18.2. The summed E-state index contributed by atoms with van der Waals surface area (Å²) in [7, 11) is 0. The summed E-state index contributed by atoms with van der Waals surface area (Å²) in [5.74, 6) is 1.36. The van der Waals surface area contributed by atoms with Crippen LogP contribution >= 0.6 is 11.6 Å². The lowest BCUT2D eigenvalue weighted by Crippen LogP contribution is -2.35. The van der Waals surface area contributed by atoms with Gasteiger partial charge in [-0.3, -0.25) is 9.69 Å². The number of aromatic amines is 1. The first-order valence-corrected chi connectivity index (χ1v) is 8.02. The van der Waals surface area contributed by atoms with Crippen molar-refractivity contribution in [1.29, 1.82) is 0 Å². The molecule has 1 N–H and O–H groups in total. The summed E-state index contributed by atoms with van der Waals surface area (Å²) >= 11 is 6.12. The van der Waals surface area contributed by atoms with Gasteiger partial charge in [0.25, 0.3) is 5.56 Å². The zero-order chi connectivity index (χ0) is 15.1. The van der Waals surface area contributed by atoms with Crippen LogP contribution in [0.2, 0.25) is 5.15 Å². The molecule has 1 aliphatic heterocycles. The van der Waals surface area contributed by atoms with Crippen molar-refractivity contribution in [1.82, 2.24) is 19.9 Å². The smallest absolute Gasteiger partial charge is 0.255 e. The van der Waals surface area contributed by atoms with Crippen LogP contribution in [-0.4, -0.2) is 26.4 Å². The third-order valence-corrected chi connectivity index (χ3v) is 4.70. The molecular formula is C16H17ClN4O. The monoisotopic (exact) mass is 316 g/mol. The van der Waals surface area contributed by atoms with E-state index in [9.17, 15) is 4.79 Å². The average molecular weight is 317 g/mol. The summed E-state index contributed by atoms with van der Waals surface area (Å²) in [6, 6.07) is 3.86. The third-order valence-electron chi connectivity index (χ3n) is 4.36. The largest absolute Gasteiger partial charge is 0.310 e. The standard InChI is InChI=1S/C16H17ClN4O/c17-14-11(2-1-6-18-14)8-21-7-5-13-12(9-21)16(22)20-15(19-13)10-3-4-10/h1-2,6,10H,3-5,7-9H2,(H,19,20,22). The molecule has 5 nitrogen and oxygen atoms in total. The third kappa shape index (κ3) is 2.66. The molecule has 3 heterocycles. The number of aromatic nitrogens is 3. The van der Waals surface area contributed by atoms with Crippen LogP contribution in [0.5, 0.6) is 0 Å². The van der Waals surface area contributed by atoms with Crippen molar-refractivity contribution in [3.05, 3.63) is 56.5 Å². The summed E-state index contributed by atoms with van der Waals surface area (Å²) in [4.78, 5) is 26.3. The first-order valence-electron chi connectivity index (χ1n) is 7.64. The van der Waals surface area contributed by atoms with Crippen molar-refractivity contribution >= 4 is 11.6 Å². The number of halogens is 1. The Kier molecular flexibility index (Phi) is 3.47. The molecular weight excluding hydrogens is 300 g/mol. The maximum Gasteiger partial charge on any atom is 0.255 e. The quantitative estimate of drug-likeness (QED) is 0.882. The Balaban J connectivity index is 1.56. The molecule has 6 heteroatoms. The van der Waals surface area contributed by atoms with E-state index in [-0.39, 0.29) is 5.56 Å². The topological polar surface area (TPSA) is 61.9 Å². The summed E-state index contributed by atoms with van der Waals surface area (Å²) in [5.41, 5.74) is 2.79.